The van der Waals surface area contributed by atoms with Gasteiger partial charge in [-0.05, 0) is 36.8 Å². The highest BCUT2D eigenvalue weighted by molar-refractivity contribution is 5.82. The third-order valence-electron chi connectivity index (χ3n) is 4.68. The largest absolute Gasteiger partial charge is 0.483 e. The Labute approximate surface area is 149 Å². The summed E-state index contributed by atoms with van der Waals surface area (Å²) in [5, 5.41) is 2.87. The fourth-order valence-corrected chi connectivity index (χ4v) is 3.01. The molecule has 1 unspecified atom stereocenters. The monoisotopic (exact) mass is 347 g/mol. The number of hydrogen-bond donors (Lipinski definition) is 3. The summed E-state index contributed by atoms with van der Waals surface area (Å²) in [6.45, 7) is 4.10. The number of nitrogens with one attached hydrogen (secondary N) is 3. The van der Waals surface area contributed by atoms with Gasteiger partial charge in [0.05, 0.1) is 0 Å². The van der Waals surface area contributed by atoms with E-state index >= 15 is 0 Å². The Hall–Kier alpha value is -2.24. The van der Waals surface area contributed by atoms with Crippen molar-refractivity contribution in [2.24, 2.45) is 0 Å². The molecule has 6 heteroatoms. The molecular weight excluding hydrogens is 318 g/mol. The molecule has 3 amide bonds. The van der Waals surface area contributed by atoms with Crippen LogP contribution in [0, 0.1) is 0 Å². The van der Waals surface area contributed by atoms with Gasteiger partial charge in [-0.3, -0.25) is 10.2 Å². The maximum Gasteiger partial charge on any atom is 0.333 e. The fourth-order valence-electron chi connectivity index (χ4n) is 3.01. The number of hydrogen-bond acceptors (Lipinski definition) is 3. The van der Waals surface area contributed by atoms with Crippen LogP contribution in [0.2, 0.25) is 0 Å². The van der Waals surface area contributed by atoms with Crippen molar-refractivity contribution >= 4 is 11.9 Å². The topological polar surface area (TPSA) is 79.5 Å². The first-order chi connectivity index (χ1) is 12.1. The molecule has 0 radical (unpaired) electrons. The number of hydrazine groups is 1. The van der Waals surface area contributed by atoms with Crippen molar-refractivity contribution in [1.82, 2.24) is 16.2 Å². The average molecular weight is 347 g/mol. The molecule has 0 bridgehead atoms. The third kappa shape index (κ3) is 6.29. The summed E-state index contributed by atoms with van der Waals surface area (Å²) in [6.07, 6.45) is 6.50. The van der Waals surface area contributed by atoms with Crippen molar-refractivity contribution in [3.05, 3.63) is 29.8 Å². The zero-order chi connectivity index (χ0) is 18.1. The van der Waals surface area contributed by atoms with E-state index in [4.69, 9.17) is 4.74 Å². The summed E-state index contributed by atoms with van der Waals surface area (Å²) < 4.78 is 5.62. The quantitative estimate of drug-likeness (QED) is 0.691. The molecule has 0 heterocycles. The Balaban J connectivity index is 1.73. The van der Waals surface area contributed by atoms with Crippen molar-refractivity contribution < 1.29 is 14.3 Å². The van der Waals surface area contributed by atoms with Crippen molar-refractivity contribution in [1.29, 1.82) is 0 Å². The van der Waals surface area contributed by atoms with Gasteiger partial charge in [-0.25, -0.2) is 10.2 Å². The molecule has 1 aromatic carbocycles. The molecule has 1 aromatic rings. The standard InChI is InChI=1S/C19H29N3O3/c1-3-14(2)16-11-7-8-12-17(16)25-13-18(23)21-22-19(24)20-15-9-5-4-6-10-15/h7-8,11-12,14-15H,3-6,9-10,13H2,1-2H3,(H,21,23)(H2,20,22,24). The summed E-state index contributed by atoms with van der Waals surface area (Å²) in [6, 6.07) is 7.54. The number of carbonyl (C=O) groups is 2. The summed E-state index contributed by atoms with van der Waals surface area (Å²) in [5.74, 6) is 0.676. The van der Waals surface area contributed by atoms with Gasteiger partial charge in [-0.15, -0.1) is 0 Å². The van der Waals surface area contributed by atoms with E-state index in [-0.39, 0.29) is 18.7 Å². The maximum absolute atomic E-state index is 11.9. The van der Waals surface area contributed by atoms with Crippen molar-refractivity contribution in [2.45, 2.75) is 64.3 Å². The second-order valence-electron chi connectivity index (χ2n) is 6.62. The van der Waals surface area contributed by atoms with Crippen LogP contribution in [-0.2, 0) is 4.79 Å². The van der Waals surface area contributed by atoms with E-state index in [9.17, 15) is 9.59 Å². The Kier molecular flexibility index (Phi) is 7.57. The van der Waals surface area contributed by atoms with E-state index in [2.05, 4.69) is 30.0 Å². The van der Waals surface area contributed by atoms with Gasteiger partial charge in [0.2, 0.25) is 0 Å². The molecule has 3 N–H and O–H groups in total. The molecule has 1 saturated carbocycles. The molecule has 25 heavy (non-hydrogen) atoms. The second kappa shape index (κ2) is 9.91. The van der Waals surface area contributed by atoms with Gasteiger partial charge in [-0.2, -0.15) is 0 Å². The van der Waals surface area contributed by atoms with Gasteiger partial charge in [0.1, 0.15) is 5.75 Å². The van der Waals surface area contributed by atoms with Gasteiger partial charge < -0.3 is 10.1 Å². The van der Waals surface area contributed by atoms with Crippen LogP contribution in [0.15, 0.2) is 24.3 Å². The van der Waals surface area contributed by atoms with Crippen LogP contribution >= 0.6 is 0 Å². The number of urea groups is 1. The Morgan fingerprint density at radius 3 is 2.60 bits per heavy atom. The van der Waals surface area contributed by atoms with Crippen LogP contribution in [-0.4, -0.2) is 24.6 Å². The SMILES string of the molecule is CCC(C)c1ccccc1OCC(=O)NNC(=O)NC1CCCCC1. The predicted molar refractivity (Wildman–Crippen MR) is 97.3 cm³/mol. The summed E-state index contributed by atoms with van der Waals surface area (Å²) in [7, 11) is 0. The van der Waals surface area contributed by atoms with Crippen molar-refractivity contribution in [2.75, 3.05) is 6.61 Å². The molecule has 1 aliphatic carbocycles. The highest BCUT2D eigenvalue weighted by Gasteiger charge is 2.16. The highest BCUT2D eigenvalue weighted by atomic mass is 16.5. The average Bonchev–Trinajstić information content (AvgIpc) is 2.65. The normalized spacial score (nSPS) is 15.9. The lowest BCUT2D eigenvalue weighted by Crippen LogP contribution is -2.51. The zero-order valence-electron chi connectivity index (χ0n) is 15.1. The number of ether oxygens (including phenoxy) is 1. The Morgan fingerprint density at radius 1 is 1.16 bits per heavy atom. The third-order valence-corrected chi connectivity index (χ3v) is 4.68. The smallest absolute Gasteiger partial charge is 0.333 e. The molecule has 0 saturated heterocycles. The van der Waals surface area contributed by atoms with E-state index < -0.39 is 5.91 Å². The molecule has 0 spiro atoms. The first kappa shape index (κ1) is 19.1. The lowest BCUT2D eigenvalue weighted by atomic mass is 9.96. The van der Waals surface area contributed by atoms with E-state index in [0.29, 0.717) is 11.7 Å². The zero-order valence-corrected chi connectivity index (χ0v) is 15.1. The molecule has 6 nitrogen and oxygen atoms in total. The number of amides is 3. The summed E-state index contributed by atoms with van der Waals surface area (Å²) in [4.78, 5) is 23.7. The van der Waals surface area contributed by atoms with Crippen LogP contribution in [0.4, 0.5) is 4.79 Å². The molecule has 1 atom stereocenters. The van der Waals surface area contributed by atoms with Crippen LogP contribution in [0.25, 0.3) is 0 Å². The lowest BCUT2D eigenvalue weighted by molar-refractivity contribution is -0.123. The minimum Gasteiger partial charge on any atom is -0.483 e. The summed E-state index contributed by atoms with van der Waals surface area (Å²) in [5.41, 5.74) is 5.85. The first-order valence-electron chi connectivity index (χ1n) is 9.17. The Bertz CT molecular complexity index is 571. The minimum atomic E-state index is -0.391. The van der Waals surface area contributed by atoms with Crippen LogP contribution < -0.4 is 20.9 Å². The van der Waals surface area contributed by atoms with Gasteiger partial charge in [0.15, 0.2) is 6.61 Å². The first-order valence-corrected chi connectivity index (χ1v) is 9.17. The molecular formula is C19H29N3O3. The molecule has 2 rings (SSSR count). The van der Waals surface area contributed by atoms with Gasteiger partial charge >= 0.3 is 6.03 Å². The predicted octanol–water partition coefficient (Wildman–Crippen LogP) is 3.24. The van der Waals surface area contributed by atoms with Crippen LogP contribution in [0.3, 0.4) is 0 Å². The molecule has 0 aliphatic heterocycles. The minimum absolute atomic E-state index is 0.142. The number of carbonyl (C=O) groups excluding carboxylic acids is 2. The van der Waals surface area contributed by atoms with Crippen molar-refractivity contribution in [3.8, 4) is 5.75 Å². The fraction of sp³-hybridized carbons (Fsp3) is 0.579. The molecule has 1 aliphatic rings. The van der Waals surface area contributed by atoms with E-state index in [1.54, 1.807) is 0 Å². The van der Waals surface area contributed by atoms with E-state index in [1.165, 1.54) is 6.42 Å². The lowest BCUT2D eigenvalue weighted by Gasteiger charge is -2.22. The Morgan fingerprint density at radius 2 is 1.88 bits per heavy atom. The van der Waals surface area contributed by atoms with Crippen LogP contribution in [0.1, 0.15) is 63.9 Å². The van der Waals surface area contributed by atoms with Crippen molar-refractivity contribution in [3.63, 3.8) is 0 Å². The van der Waals surface area contributed by atoms with E-state index in [1.807, 2.05) is 24.3 Å². The molecule has 0 aromatic heterocycles. The van der Waals surface area contributed by atoms with Gasteiger partial charge in [-0.1, -0.05) is 51.3 Å². The molecule has 1 fully saturated rings. The van der Waals surface area contributed by atoms with Crippen LogP contribution in [0.5, 0.6) is 5.75 Å². The second-order valence-corrected chi connectivity index (χ2v) is 6.62. The number of para-hydroxylation sites is 1. The number of benzene rings is 1. The van der Waals surface area contributed by atoms with Gasteiger partial charge in [0, 0.05) is 6.04 Å². The molecule has 138 valence electrons. The maximum atomic E-state index is 11.9. The number of rotatable bonds is 6. The van der Waals surface area contributed by atoms with E-state index in [0.717, 1.165) is 37.7 Å². The highest BCUT2D eigenvalue weighted by Crippen LogP contribution is 2.28. The summed E-state index contributed by atoms with van der Waals surface area (Å²) >= 11 is 0. The van der Waals surface area contributed by atoms with Gasteiger partial charge in [0.25, 0.3) is 5.91 Å².